The third kappa shape index (κ3) is 1.61. The Kier molecular flexibility index (Phi) is 2.45. The van der Waals surface area contributed by atoms with E-state index in [0.29, 0.717) is 0 Å². The second kappa shape index (κ2) is 2.96. The summed E-state index contributed by atoms with van der Waals surface area (Å²) in [5.41, 5.74) is -1.12. The van der Waals surface area contributed by atoms with Crippen LogP contribution in [0.4, 0.5) is 0 Å². The fraction of sp³-hybridized carbons (Fsp3) is 1.00. The number of rotatable bonds is 1. The van der Waals surface area contributed by atoms with Crippen LogP contribution in [-0.4, -0.2) is 45.3 Å². The molecule has 0 amide bonds. The van der Waals surface area contributed by atoms with Crippen molar-refractivity contribution < 1.29 is 20.1 Å². The van der Waals surface area contributed by atoms with Crippen LogP contribution >= 0.6 is 0 Å². The average molecular weight is 176 g/mol. The molecule has 0 bridgehead atoms. The van der Waals surface area contributed by atoms with Gasteiger partial charge in [-0.3, -0.25) is 0 Å². The van der Waals surface area contributed by atoms with Gasteiger partial charge in [0.2, 0.25) is 0 Å². The monoisotopic (exact) mass is 176 g/mol. The molecule has 1 saturated heterocycles. The maximum absolute atomic E-state index is 9.53. The molecule has 4 atom stereocenters. The Morgan fingerprint density at radius 1 is 1.17 bits per heavy atom. The van der Waals surface area contributed by atoms with E-state index in [1.807, 2.05) is 0 Å². The zero-order valence-electron chi connectivity index (χ0n) is 7.56. The van der Waals surface area contributed by atoms with Crippen LogP contribution in [0.15, 0.2) is 0 Å². The highest BCUT2D eigenvalue weighted by Gasteiger charge is 2.46. The molecule has 12 heavy (non-hydrogen) atoms. The molecule has 4 nitrogen and oxygen atoms in total. The Morgan fingerprint density at radius 2 is 1.67 bits per heavy atom. The van der Waals surface area contributed by atoms with Gasteiger partial charge in [0.15, 0.2) is 0 Å². The molecule has 1 fully saturated rings. The molecule has 1 aliphatic heterocycles. The van der Waals surface area contributed by atoms with E-state index < -0.39 is 30.0 Å². The van der Waals surface area contributed by atoms with Crippen LogP contribution in [0.1, 0.15) is 20.8 Å². The van der Waals surface area contributed by atoms with Crippen molar-refractivity contribution in [2.45, 2.75) is 50.8 Å². The largest absolute Gasteiger partial charge is 0.388 e. The molecular weight excluding hydrogens is 160 g/mol. The molecule has 3 N–H and O–H groups in total. The molecule has 0 spiro atoms. The predicted octanol–water partition coefficient (Wildman–Crippen LogP) is -0.734. The van der Waals surface area contributed by atoms with Crippen molar-refractivity contribution in [2.75, 3.05) is 0 Å². The Balaban J connectivity index is 2.71. The first-order chi connectivity index (χ1) is 5.34. The lowest BCUT2D eigenvalue weighted by Gasteiger charge is -2.27. The second-order valence-corrected chi connectivity index (χ2v) is 3.90. The zero-order chi connectivity index (χ0) is 9.52. The quantitative estimate of drug-likeness (QED) is 0.492. The molecule has 4 heteroatoms. The highest BCUT2D eigenvalue weighted by Crippen LogP contribution is 2.28. The summed E-state index contributed by atoms with van der Waals surface area (Å²) in [4.78, 5) is 0. The second-order valence-electron chi connectivity index (χ2n) is 3.90. The van der Waals surface area contributed by atoms with E-state index in [2.05, 4.69) is 0 Å². The SMILES string of the molecule is CC1OC(C(C)(C)O)C(O)C1O. The molecule has 0 aromatic heterocycles. The van der Waals surface area contributed by atoms with Crippen molar-refractivity contribution >= 4 is 0 Å². The first-order valence-electron chi connectivity index (χ1n) is 4.08. The number of hydrogen-bond acceptors (Lipinski definition) is 4. The lowest BCUT2D eigenvalue weighted by atomic mass is 9.95. The molecule has 0 aliphatic carbocycles. The lowest BCUT2D eigenvalue weighted by Crippen LogP contribution is -2.44. The summed E-state index contributed by atoms with van der Waals surface area (Å²) >= 11 is 0. The van der Waals surface area contributed by atoms with E-state index in [4.69, 9.17) is 4.74 Å². The smallest absolute Gasteiger partial charge is 0.115 e. The first-order valence-corrected chi connectivity index (χ1v) is 4.08. The van der Waals surface area contributed by atoms with Gasteiger partial charge >= 0.3 is 0 Å². The summed E-state index contributed by atoms with van der Waals surface area (Å²) in [5, 5.41) is 28.3. The van der Waals surface area contributed by atoms with Crippen LogP contribution in [0.3, 0.4) is 0 Å². The lowest BCUT2D eigenvalue weighted by molar-refractivity contribution is -0.108. The van der Waals surface area contributed by atoms with E-state index in [1.54, 1.807) is 20.8 Å². The van der Waals surface area contributed by atoms with Gasteiger partial charge in [-0.15, -0.1) is 0 Å². The summed E-state index contributed by atoms with van der Waals surface area (Å²) in [6.07, 6.45) is -3.03. The van der Waals surface area contributed by atoms with Crippen LogP contribution in [-0.2, 0) is 4.74 Å². The Hall–Kier alpha value is -0.160. The van der Waals surface area contributed by atoms with Gasteiger partial charge in [-0.05, 0) is 20.8 Å². The number of ether oxygens (including phenoxy) is 1. The Bertz CT molecular complexity index is 163. The minimum atomic E-state index is -1.12. The molecule has 1 aliphatic rings. The maximum Gasteiger partial charge on any atom is 0.115 e. The molecule has 1 heterocycles. The molecule has 1 rings (SSSR count). The zero-order valence-corrected chi connectivity index (χ0v) is 7.56. The first kappa shape index (κ1) is 9.92. The highest BCUT2D eigenvalue weighted by atomic mass is 16.6. The van der Waals surface area contributed by atoms with Gasteiger partial charge in [0.1, 0.15) is 18.3 Å². The van der Waals surface area contributed by atoms with Gasteiger partial charge in [-0.25, -0.2) is 0 Å². The fourth-order valence-electron chi connectivity index (χ4n) is 1.43. The van der Waals surface area contributed by atoms with Gasteiger partial charge in [0.25, 0.3) is 0 Å². The number of aliphatic hydroxyl groups is 3. The Labute approximate surface area is 71.8 Å². The van der Waals surface area contributed by atoms with Crippen LogP contribution < -0.4 is 0 Å². The van der Waals surface area contributed by atoms with E-state index in [-0.39, 0.29) is 0 Å². The minimum absolute atomic E-state index is 0.420. The van der Waals surface area contributed by atoms with Gasteiger partial charge in [0.05, 0.1) is 11.7 Å². The number of aliphatic hydroxyl groups excluding tert-OH is 2. The predicted molar refractivity (Wildman–Crippen MR) is 42.6 cm³/mol. The fourth-order valence-corrected chi connectivity index (χ4v) is 1.43. The third-order valence-corrected chi connectivity index (χ3v) is 2.20. The van der Waals surface area contributed by atoms with Crippen LogP contribution in [0.2, 0.25) is 0 Å². The van der Waals surface area contributed by atoms with E-state index in [0.717, 1.165) is 0 Å². The molecule has 0 aromatic carbocycles. The summed E-state index contributed by atoms with van der Waals surface area (Å²) < 4.78 is 5.20. The Morgan fingerprint density at radius 3 is 1.83 bits per heavy atom. The third-order valence-electron chi connectivity index (χ3n) is 2.20. The normalized spacial score (nSPS) is 43.5. The molecule has 0 aromatic rings. The van der Waals surface area contributed by atoms with Gasteiger partial charge in [0, 0.05) is 0 Å². The minimum Gasteiger partial charge on any atom is -0.388 e. The molecule has 0 radical (unpaired) electrons. The van der Waals surface area contributed by atoms with Crippen molar-refractivity contribution in [3.8, 4) is 0 Å². The van der Waals surface area contributed by atoms with Crippen molar-refractivity contribution in [1.82, 2.24) is 0 Å². The summed E-state index contributed by atoms with van der Waals surface area (Å²) in [6, 6.07) is 0. The van der Waals surface area contributed by atoms with Crippen LogP contribution in [0, 0.1) is 0 Å². The van der Waals surface area contributed by atoms with Crippen molar-refractivity contribution in [1.29, 1.82) is 0 Å². The number of hydrogen-bond donors (Lipinski definition) is 3. The molecule has 4 unspecified atom stereocenters. The molecule has 0 saturated carbocycles. The maximum atomic E-state index is 9.53. The van der Waals surface area contributed by atoms with Crippen LogP contribution in [0.25, 0.3) is 0 Å². The average Bonchev–Trinajstić information content (AvgIpc) is 2.15. The van der Waals surface area contributed by atoms with Crippen LogP contribution in [0.5, 0.6) is 0 Å². The van der Waals surface area contributed by atoms with Gasteiger partial charge in [-0.1, -0.05) is 0 Å². The summed E-state index contributed by atoms with van der Waals surface area (Å²) in [5.74, 6) is 0. The van der Waals surface area contributed by atoms with Crippen molar-refractivity contribution in [2.24, 2.45) is 0 Å². The highest BCUT2D eigenvalue weighted by molar-refractivity contribution is 4.96. The van der Waals surface area contributed by atoms with Gasteiger partial charge in [-0.2, -0.15) is 0 Å². The van der Waals surface area contributed by atoms with E-state index in [1.165, 1.54) is 0 Å². The van der Waals surface area contributed by atoms with Crippen molar-refractivity contribution in [3.63, 3.8) is 0 Å². The van der Waals surface area contributed by atoms with E-state index >= 15 is 0 Å². The topological polar surface area (TPSA) is 69.9 Å². The standard InChI is InChI=1S/C8H16O4/c1-4-5(9)6(10)7(12-4)8(2,3)11/h4-7,9-11H,1-3H3. The summed E-state index contributed by atoms with van der Waals surface area (Å²) in [7, 11) is 0. The van der Waals surface area contributed by atoms with Crippen molar-refractivity contribution in [3.05, 3.63) is 0 Å². The van der Waals surface area contributed by atoms with Gasteiger partial charge < -0.3 is 20.1 Å². The molecular formula is C8H16O4. The molecule has 72 valence electrons. The summed E-state index contributed by atoms with van der Waals surface area (Å²) in [6.45, 7) is 4.76. The van der Waals surface area contributed by atoms with E-state index in [9.17, 15) is 15.3 Å².